The van der Waals surface area contributed by atoms with Gasteiger partial charge in [-0.25, -0.2) is 19.9 Å². The third kappa shape index (κ3) is 5.13. The summed E-state index contributed by atoms with van der Waals surface area (Å²) in [7, 11) is 0. The maximum absolute atomic E-state index is 6.51. The van der Waals surface area contributed by atoms with Crippen LogP contribution in [0.4, 0.5) is 0 Å². The molecular formula is C46H29N5O. The molecule has 0 aliphatic rings. The molecule has 0 atom stereocenters. The summed E-state index contributed by atoms with van der Waals surface area (Å²) in [4.78, 5) is 20.1. The van der Waals surface area contributed by atoms with Crippen molar-refractivity contribution in [2.75, 3.05) is 0 Å². The monoisotopic (exact) mass is 667 g/mol. The fourth-order valence-corrected chi connectivity index (χ4v) is 6.99. The predicted octanol–water partition coefficient (Wildman–Crippen LogP) is 11.4. The van der Waals surface area contributed by atoms with E-state index in [1.165, 1.54) is 0 Å². The first-order valence-electron chi connectivity index (χ1n) is 17.2. The van der Waals surface area contributed by atoms with E-state index in [1.807, 2.05) is 84.9 Å². The largest absolute Gasteiger partial charge is 0.435 e. The van der Waals surface area contributed by atoms with E-state index < -0.39 is 0 Å². The molecule has 0 radical (unpaired) electrons. The number of fused-ring (bicyclic) bond motifs is 4. The van der Waals surface area contributed by atoms with Gasteiger partial charge in [0.2, 0.25) is 5.89 Å². The van der Waals surface area contributed by atoms with Gasteiger partial charge < -0.3 is 8.98 Å². The molecule has 6 heteroatoms. The van der Waals surface area contributed by atoms with E-state index in [0.717, 1.165) is 66.4 Å². The Labute approximate surface area is 299 Å². The highest BCUT2D eigenvalue weighted by atomic mass is 16.3. The fourth-order valence-electron chi connectivity index (χ4n) is 6.99. The summed E-state index contributed by atoms with van der Waals surface area (Å²) in [6, 6.07) is 60.0. The molecule has 0 aliphatic carbocycles. The van der Waals surface area contributed by atoms with Gasteiger partial charge in [0.05, 0.1) is 16.6 Å². The minimum absolute atomic E-state index is 0.517. The van der Waals surface area contributed by atoms with E-state index >= 15 is 0 Å². The molecule has 0 saturated heterocycles. The summed E-state index contributed by atoms with van der Waals surface area (Å²) in [5, 5.41) is 2.29. The fraction of sp³-hybridized carbons (Fsp3) is 0. The number of para-hydroxylation sites is 3. The standard InChI is InChI=1S/C46H29N5O/c1-4-13-30(14-5-1)31-23-25-33(26-24-31)46-47-39-21-12-20-37(42(39)52-46)45-49-43(32-15-6-2-7-16-32)48-44(50-45)34-27-28-41-38(29-34)36-19-10-11-22-40(36)51(41)35-17-8-3-9-18-35/h1-29H. The maximum Gasteiger partial charge on any atom is 0.227 e. The summed E-state index contributed by atoms with van der Waals surface area (Å²) in [5.74, 6) is 2.22. The van der Waals surface area contributed by atoms with Crippen molar-refractivity contribution < 1.29 is 4.42 Å². The Hall–Kier alpha value is -7.18. The van der Waals surface area contributed by atoms with E-state index in [0.29, 0.717) is 28.9 Å². The van der Waals surface area contributed by atoms with Crippen LogP contribution in [0.25, 0.3) is 95.3 Å². The third-order valence-corrected chi connectivity index (χ3v) is 9.51. The number of hydrogen-bond acceptors (Lipinski definition) is 5. The van der Waals surface area contributed by atoms with Crippen LogP contribution < -0.4 is 0 Å². The van der Waals surface area contributed by atoms with Crippen LogP contribution >= 0.6 is 0 Å². The molecule has 0 amide bonds. The quantitative estimate of drug-likeness (QED) is 0.176. The normalized spacial score (nSPS) is 11.5. The van der Waals surface area contributed by atoms with Gasteiger partial charge in [0.15, 0.2) is 23.1 Å². The summed E-state index contributed by atoms with van der Waals surface area (Å²) in [5.41, 5.74) is 10.5. The van der Waals surface area contributed by atoms with Crippen molar-refractivity contribution in [3.8, 4) is 62.4 Å². The van der Waals surface area contributed by atoms with Crippen molar-refractivity contribution in [3.05, 3.63) is 176 Å². The summed E-state index contributed by atoms with van der Waals surface area (Å²) in [6.07, 6.45) is 0. The Kier molecular flexibility index (Phi) is 7.03. The number of rotatable bonds is 6. The molecule has 0 N–H and O–H groups in total. The lowest BCUT2D eigenvalue weighted by Crippen LogP contribution is -2.00. The number of hydrogen-bond donors (Lipinski definition) is 0. The number of oxazole rings is 1. The Balaban J connectivity index is 1.12. The lowest BCUT2D eigenvalue weighted by molar-refractivity contribution is 0.620. The predicted molar refractivity (Wildman–Crippen MR) is 209 cm³/mol. The molecule has 0 spiro atoms. The van der Waals surface area contributed by atoms with Gasteiger partial charge in [-0.1, -0.05) is 115 Å². The molecular weight excluding hydrogens is 639 g/mol. The molecule has 6 nitrogen and oxygen atoms in total. The first-order chi connectivity index (χ1) is 25.8. The van der Waals surface area contributed by atoms with Gasteiger partial charge >= 0.3 is 0 Å². The van der Waals surface area contributed by atoms with E-state index in [4.69, 9.17) is 24.4 Å². The molecule has 3 heterocycles. The van der Waals surface area contributed by atoms with Gasteiger partial charge in [-0.15, -0.1) is 0 Å². The van der Waals surface area contributed by atoms with Crippen molar-refractivity contribution in [1.82, 2.24) is 24.5 Å². The van der Waals surface area contributed by atoms with Gasteiger partial charge in [-0.05, 0) is 71.8 Å². The molecule has 10 rings (SSSR count). The van der Waals surface area contributed by atoms with Gasteiger partial charge in [0, 0.05) is 33.2 Å². The van der Waals surface area contributed by atoms with Gasteiger partial charge in [-0.2, -0.15) is 0 Å². The lowest BCUT2D eigenvalue weighted by atomic mass is 10.0. The zero-order valence-corrected chi connectivity index (χ0v) is 27.9. The first kappa shape index (κ1) is 29.7. The van der Waals surface area contributed by atoms with Crippen molar-refractivity contribution in [3.63, 3.8) is 0 Å². The highest BCUT2D eigenvalue weighted by Gasteiger charge is 2.19. The minimum Gasteiger partial charge on any atom is -0.435 e. The number of nitrogens with zero attached hydrogens (tertiary/aromatic N) is 5. The molecule has 244 valence electrons. The average molecular weight is 668 g/mol. The second-order valence-corrected chi connectivity index (χ2v) is 12.7. The van der Waals surface area contributed by atoms with Crippen molar-refractivity contribution in [1.29, 1.82) is 0 Å². The summed E-state index contributed by atoms with van der Waals surface area (Å²) >= 11 is 0. The van der Waals surface area contributed by atoms with Gasteiger partial charge in [0.1, 0.15) is 5.52 Å². The minimum atomic E-state index is 0.517. The molecule has 0 bridgehead atoms. The molecule has 3 aromatic heterocycles. The second kappa shape index (κ2) is 12.3. The van der Waals surface area contributed by atoms with Crippen LogP contribution in [0.5, 0.6) is 0 Å². The molecule has 0 unspecified atom stereocenters. The zero-order valence-electron chi connectivity index (χ0n) is 27.9. The zero-order chi connectivity index (χ0) is 34.4. The van der Waals surface area contributed by atoms with Crippen molar-refractivity contribution >= 4 is 32.9 Å². The highest BCUT2D eigenvalue weighted by molar-refractivity contribution is 6.10. The van der Waals surface area contributed by atoms with Crippen molar-refractivity contribution in [2.24, 2.45) is 0 Å². The van der Waals surface area contributed by atoms with Crippen LogP contribution in [-0.2, 0) is 0 Å². The van der Waals surface area contributed by atoms with Crippen LogP contribution in [-0.4, -0.2) is 24.5 Å². The molecule has 7 aromatic carbocycles. The van der Waals surface area contributed by atoms with Crippen LogP contribution in [0.1, 0.15) is 0 Å². The molecule has 0 saturated carbocycles. The van der Waals surface area contributed by atoms with Crippen LogP contribution in [0.3, 0.4) is 0 Å². The summed E-state index contributed by atoms with van der Waals surface area (Å²) in [6.45, 7) is 0. The Morgan fingerprint density at radius 2 is 0.962 bits per heavy atom. The lowest BCUT2D eigenvalue weighted by Gasteiger charge is -2.10. The number of benzene rings is 7. The van der Waals surface area contributed by atoms with Crippen LogP contribution in [0.2, 0.25) is 0 Å². The molecule has 52 heavy (non-hydrogen) atoms. The molecule has 10 aromatic rings. The second-order valence-electron chi connectivity index (χ2n) is 12.7. The topological polar surface area (TPSA) is 69.6 Å². The van der Waals surface area contributed by atoms with E-state index in [-0.39, 0.29) is 0 Å². The van der Waals surface area contributed by atoms with Crippen molar-refractivity contribution in [2.45, 2.75) is 0 Å². The van der Waals surface area contributed by atoms with E-state index in [9.17, 15) is 0 Å². The Bertz CT molecular complexity index is 2880. The molecule has 0 fully saturated rings. The third-order valence-electron chi connectivity index (χ3n) is 9.51. The smallest absolute Gasteiger partial charge is 0.227 e. The SMILES string of the molecule is c1ccc(-c2ccc(-c3nc4cccc(-c5nc(-c6ccccc6)nc(-c6ccc7c(c6)c6ccccc6n7-c6ccccc6)n5)c4o3)cc2)cc1. The summed E-state index contributed by atoms with van der Waals surface area (Å²) < 4.78 is 8.82. The van der Waals surface area contributed by atoms with Crippen LogP contribution in [0, 0.1) is 0 Å². The van der Waals surface area contributed by atoms with E-state index in [2.05, 4.69) is 95.6 Å². The van der Waals surface area contributed by atoms with Gasteiger partial charge in [0.25, 0.3) is 0 Å². The van der Waals surface area contributed by atoms with E-state index in [1.54, 1.807) is 0 Å². The van der Waals surface area contributed by atoms with Gasteiger partial charge in [-0.3, -0.25) is 0 Å². The first-order valence-corrected chi connectivity index (χ1v) is 17.2. The maximum atomic E-state index is 6.51. The van der Waals surface area contributed by atoms with Crippen LogP contribution in [0.15, 0.2) is 180 Å². The Morgan fingerprint density at radius 1 is 0.385 bits per heavy atom. The molecule has 0 aliphatic heterocycles. The number of aromatic nitrogens is 5. The Morgan fingerprint density at radius 3 is 1.73 bits per heavy atom. The highest BCUT2D eigenvalue weighted by Crippen LogP contribution is 2.36. The average Bonchev–Trinajstić information content (AvgIpc) is 3.81.